The molecule has 0 aliphatic rings. The summed E-state index contributed by atoms with van der Waals surface area (Å²) in [6.45, 7) is 2.85. The van der Waals surface area contributed by atoms with Crippen molar-refractivity contribution in [1.82, 2.24) is 0 Å². The van der Waals surface area contributed by atoms with Crippen LogP contribution in [-0.4, -0.2) is 18.2 Å². The Kier molecular flexibility index (Phi) is 6.62. The van der Waals surface area contributed by atoms with E-state index in [9.17, 15) is 9.90 Å². The smallest absolute Gasteiger partial charge is 0.335 e. The summed E-state index contributed by atoms with van der Waals surface area (Å²) in [7, 11) is 1.60. The molecule has 3 aromatic carbocycles. The van der Waals surface area contributed by atoms with E-state index in [4.69, 9.17) is 21.1 Å². The Morgan fingerprint density at radius 1 is 1.07 bits per heavy atom. The maximum atomic E-state index is 11.2. The molecule has 0 saturated carbocycles. The molecule has 5 nitrogen and oxygen atoms in total. The summed E-state index contributed by atoms with van der Waals surface area (Å²) in [6.07, 6.45) is 0. The Balaban J connectivity index is 1.82. The molecule has 0 saturated heterocycles. The second-order valence-corrected chi connectivity index (χ2v) is 6.92. The fraction of sp³-hybridized carbons (Fsp3) is 0.174. The van der Waals surface area contributed by atoms with E-state index >= 15 is 0 Å². The van der Waals surface area contributed by atoms with Crippen molar-refractivity contribution < 1.29 is 19.4 Å². The molecule has 0 aliphatic carbocycles. The molecule has 0 heterocycles. The zero-order valence-electron chi connectivity index (χ0n) is 16.2. The van der Waals surface area contributed by atoms with E-state index in [1.54, 1.807) is 13.2 Å². The van der Waals surface area contributed by atoms with Gasteiger partial charge in [-0.25, -0.2) is 4.79 Å². The number of para-hydroxylation sites is 1. The van der Waals surface area contributed by atoms with E-state index in [-0.39, 0.29) is 5.56 Å². The third kappa shape index (κ3) is 5.00. The maximum absolute atomic E-state index is 11.2. The molecule has 0 aromatic heterocycles. The van der Waals surface area contributed by atoms with Gasteiger partial charge in [0.1, 0.15) is 6.61 Å². The second-order valence-electron chi connectivity index (χ2n) is 6.52. The number of halogens is 1. The molecular weight excluding hydrogens is 390 g/mol. The molecule has 6 heteroatoms. The molecule has 0 unspecified atom stereocenters. The fourth-order valence-electron chi connectivity index (χ4n) is 2.93. The van der Waals surface area contributed by atoms with Gasteiger partial charge in [-0.3, -0.25) is 0 Å². The highest BCUT2D eigenvalue weighted by Crippen LogP contribution is 2.33. The monoisotopic (exact) mass is 411 g/mol. The van der Waals surface area contributed by atoms with Gasteiger partial charge in [-0.1, -0.05) is 48.0 Å². The number of hydrogen-bond donors (Lipinski definition) is 2. The van der Waals surface area contributed by atoms with Crippen molar-refractivity contribution in [3.63, 3.8) is 0 Å². The SMILES string of the molecule is COc1cccc(CNc2cc(C(=O)O)ccc2Cl)c1OCc1ccccc1C. The van der Waals surface area contributed by atoms with Crippen molar-refractivity contribution in [3.8, 4) is 11.5 Å². The van der Waals surface area contributed by atoms with E-state index in [0.29, 0.717) is 35.4 Å². The first-order valence-electron chi connectivity index (χ1n) is 9.09. The Morgan fingerprint density at radius 2 is 1.83 bits per heavy atom. The van der Waals surface area contributed by atoms with Gasteiger partial charge in [0.15, 0.2) is 11.5 Å². The van der Waals surface area contributed by atoms with Gasteiger partial charge in [-0.15, -0.1) is 0 Å². The Bertz CT molecular complexity index is 1020. The van der Waals surface area contributed by atoms with Crippen LogP contribution in [0.15, 0.2) is 60.7 Å². The minimum Gasteiger partial charge on any atom is -0.493 e. The van der Waals surface area contributed by atoms with Gasteiger partial charge in [0.25, 0.3) is 0 Å². The van der Waals surface area contributed by atoms with E-state index in [1.807, 2.05) is 49.4 Å². The fourth-order valence-corrected chi connectivity index (χ4v) is 3.12. The molecule has 0 radical (unpaired) electrons. The number of carbonyl (C=O) groups is 1. The van der Waals surface area contributed by atoms with Crippen LogP contribution >= 0.6 is 11.6 Å². The van der Waals surface area contributed by atoms with E-state index < -0.39 is 5.97 Å². The van der Waals surface area contributed by atoms with Crippen LogP contribution in [0.4, 0.5) is 5.69 Å². The molecule has 0 amide bonds. The second kappa shape index (κ2) is 9.34. The van der Waals surface area contributed by atoms with Gasteiger partial charge < -0.3 is 19.9 Å². The summed E-state index contributed by atoms with van der Waals surface area (Å²) in [4.78, 5) is 11.2. The Morgan fingerprint density at radius 3 is 2.55 bits per heavy atom. The molecule has 0 fully saturated rings. The van der Waals surface area contributed by atoms with Crippen LogP contribution in [0.2, 0.25) is 5.02 Å². The van der Waals surface area contributed by atoms with Gasteiger partial charge in [-0.05, 0) is 42.3 Å². The third-order valence-electron chi connectivity index (χ3n) is 4.60. The Labute approximate surface area is 174 Å². The first-order valence-corrected chi connectivity index (χ1v) is 9.47. The lowest BCUT2D eigenvalue weighted by Crippen LogP contribution is -2.07. The number of anilines is 1. The van der Waals surface area contributed by atoms with Crippen LogP contribution in [0.3, 0.4) is 0 Å². The topological polar surface area (TPSA) is 67.8 Å². The number of methoxy groups -OCH3 is 1. The van der Waals surface area contributed by atoms with Gasteiger partial charge in [0.2, 0.25) is 0 Å². The van der Waals surface area contributed by atoms with Crippen LogP contribution in [0, 0.1) is 6.92 Å². The summed E-state index contributed by atoms with van der Waals surface area (Å²) in [5.74, 6) is 0.257. The molecule has 2 N–H and O–H groups in total. The zero-order valence-corrected chi connectivity index (χ0v) is 17.0. The molecule has 3 rings (SSSR count). The van der Waals surface area contributed by atoms with Crippen molar-refractivity contribution in [2.75, 3.05) is 12.4 Å². The molecule has 150 valence electrons. The number of carboxylic acids is 1. The number of rotatable bonds is 8. The van der Waals surface area contributed by atoms with Gasteiger partial charge in [0, 0.05) is 12.1 Å². The van der Waals surface area contributed by atoms with Crippen molar-refractivity contribution in [3.05, 3.63) is 87.9 Å². The summed E-state index contributed by atoms with van der Waals surface area (Å²) in [6, 6.07) is 18.2. The normalized spacial score (nSPS) is 10.4. The molecule has 0 spiro atoms. The minimum atomic E-state index is -1.01. The van der Waals surface area contributed by atoms with E-state index in [0.717, 1.165) is 16.7 Å². The predicted molar refractivity (Wildman–Crippen MR) is 114 cm³/mol. The Hall–Kier alpha value is -3.18. The number of hydrogen-bond acceptors (Lipinski definition) is 4. The van der Waals surface area contributed by atoms with Crippen molar-refractivity contribution in [2.45, 2.75) is 20.1 Å². The minimum absolute atomic E-state index is 0.165. The highest BCUT2D eigenvalue weighted by atomic mass is 35.5. The van der Waals surface area contributed by atoms with Crippen LogP contribution in [-0.2, 0) is 13.2 Å². The maximum Gasteiger partial charge on any atom is 0.335 e. The number of aromatic carboxylic acids is 1. The quantitative estimate of drug-likeness (QED) is 0.509. The lowest BCUT2D eigenvalue weighted by Gasteiger charge is -2.17. The largest absolute Gasteiger partial charge is 0.493 e. The van der Waals surface area contributed by atoms with Crippen LogP contribution < -0.4 is 14.8 Å². The first kappa shape index (κ1) is 20.6. The predicted octanol–water partition coefficient (Wildman–Crippen LogP) is 5.55. The molecule has 29 heavy (non-hydrogen) atoms. The summed E-state index contributed by atoms with van der Waals surface area (Å²) < 4.78 is 11.6. The number of ether oxygens (including phenoxy) is 2. The van der Waals surface area contributed by atoms with Crippen LogP contribution in [0.25, 0.3) is 0 Å². The zero-order chi connectivity index (χ0) is 20.8. The number of nitrogens with one attached hydrogen (secondary N) is 1. The number of carboxylic acid groups (broad SMARTS) is 1. The summed E-state index contributed by atoms with van der Waals surface area (Å²) >= 11 is 6.21. The van der Waals surface area contributed by atoms with Crippen LogP contribution in [0.5, 0.6) is 11.5 Å². The number of aryl methyl sites for hydroxylation is 1. The van der Waals surface area contributed by atoms with E-state index in [1.165, 1.54) is 12.1 Å². The first-order chi connectivity index (χ1) is 14.0. The summed E-state index contributed by atoms with van der Waals surface area (Å²) in [5.41, 5.74) is 3.82. The van der Waals surface area contributed by atoms with Gasteiger partial charge >= 0.3 is 5.97 Å². The van der Waals surface area contributed by atoms with E-state index in [2.05, 4.69) is 5.32 Å². The van der Waals surface area contributed by atoms with Crippen LogP contribution in [0.1, 0.15) is 27.0 Å². The third-order valence-corrected chi connectivity index (χ3v) is 4.93. The van der Waals surface area contributed by atoms with Gasteiger partial charge in [0.05, 0.1) is 23.4 Å². The molecule has 0 atom stereocenters. The highest BCUT2D eigenvalue weighted by molar-refractivity contribution is 6.33. The highest BCUT2D eigenvalue weighted by Gasteiger charge is 2.13. The molecule has 0 aliphatic heterocycles. The standard InChI is InChI=1S/C23H22ClNO4/c1-15-6-3-4-7-18(15)14-29-22-17(8-5-9-21(22)28-2)13-25-20-12-16(23(26)27)10-11-19(20)24/h3-12,25H,13-14H2,1-2H3,(H,26,27). The van der Waals surface area contributed by atoms with Gasteiger partial charge in [-0.2, -0.15) is 0 Å². The lowest BCUT2D eigenvalue weighted by molar-refractivity contribution is 0.0697. The summed E-state index contributed by atoms with van der Waals surface area (Å²) in [5, 5.41) is 12.8. The van der Waals surface area contributed by atoms with Crippen molar-refractivity contribution in [1.29, 1.82) is 0 Å². The average molecular weight is 412 g/mol. The number of benzene rings is 3. The molecule has 0 bridgehead atoms. The average Bonchev–Trinajstić information content (AvgIpc) is 2.72. The van der Waals surface area contributed by atoms with Crippen molar-refractivity contribution in [2.24, 2.45) is 0 Å². The molecular formula is C23H22ClNO4. The van der Waals surface area contributed by atoms with Crippen molar-refractivity contribution >= 4 is 23.3 Å². The lowest BCUT2D eigenvalue weighted by atomic mass is 10.1. The molecule has 3 aromatic rings.